The highest BCUT2D eigenvalue weighted by Crippen LogP contribution is 2.34. The molecule has 0 saturated carbocycles. The fourth-order valence-electron chi connectivity index (χ4n) is 5.30. The summed E-state index contributed by atoms with van der Waals surface area (Å²) in [5, 5.41) is 0.925. The Balaban J connectivity index is 1.34. The van der Waals surface area contributed by atoms with E-state index >= 15 is 0 Å². The highest BCUT2D eigenvalue weighted by Gasteiger charge is 2.22. The number of rotatable bonds is 8. The third kappa shape index (κ3) is 5.68. The van der Waals surface area contributed by atoms with Crippen molar-refractivity contribution >= 4 is 26.6 Å². The van der Waals surface area contributed by atoms with Crippen LogP contribution in [0, 0.1) is 11.6 Å². The average Bonchev–Trinajstić information content (AvgIpc) is 3.50. The van der Waals surface area contributed by atoms with Crippen LogP contribution in [0.5, 0.6) is 5.88 Å². The van der Waals surface area contributed by atoms with Gasteiger partial charge in [0.15, 0.2) is 0 Å². The molecule has 214 valence electrons. The summed E-state index contributed by atoms with van der Waals surface area (Å²) in [7, 11) is -3.06. The monoisotopic (exact) mass is 586 g/mol. The number of halogens is 2. The van der Waals surface area contributed by atoms with Crippen molar-refractivity contribution in [2.45, 2.75) is 24.3 Å². The van der Waals surface area contributed by atoms with E-state index in [2.05, 4.69) is 43.9 Å². The lowest BCUT2D eigenvalue weighted by atomic mass is 9.97. The number of hydrogen-bond donors (Lipinski definition) is 1. The van der Waals surface area contributed by atoms with Crippen molar-refractivity contribution in [2.75, 3.05) is 24.9 Å². The summed E-state index contributed by atoms with van der Waals surface area (Å²) in [4.78, 5) is 10.6. The maximum absolute atomic E-state index is 14.3. The van der Waals surface area contributed by atoms with Crippen molar-refractivity contribution in [1.29, 1.82) is 0 Å². The summed E-state index contributed by atoms with van der Waals surface area (Å²) >= 11 is 0. The number of nitrogens with zero attached hydrogens (tertiary/aromatic N) is 3. The molecule has 3 heterocycles. The molecule has 0 aliphatic carbocycles. The number of ether oxygens (including phenoxy) is 1. The Hall–Kier alpha value is -4.41. The van der Waals surface area contributed by atoms with Gasteiger partial charge in [-0.25, -0.2) is 22.2 Å². The number of methoxy groups -OCH3 is 1. The number of aromatic nitrogens is 2. The summed E-state index contributed by atoms with van der Waals surface area (Å²) in [5.41, 5.74) is 5.55. The molecule has 1 aliphatic rings. The predicted molar refractivity (Wildman–Crippen MR) is 159 cm³/mol. The zero-order valence-corrected chi connectivity index (χ0v) is 23.7. The van der Waals surface area contributed by atoms with E-state index in [1.807, 2.05) is 24.3 Å². The minimum Gasteiger partial charge on any atom is -0.480 e. The molecule has 7 nitrogen and oxygen atoms in total. The van der Waals surface area contributed by atoms with Crippen LogP contribution < -0.4 is 9.46 Å². The van der Waals surface area contributed by atoms with E-state index in [1.165, 1.54) is 25.5 Å². The van der Waals surface area contributed by atoms with Crippen LogP contribution in [0.3, 0.4) is 0 Å². The summed E-state index contributed by atoms with van der Waals surface area (Å²) in [6.45, 7) is 3.24. The number of sulfonamides is 1. The number of pyridine rings is 2. The van der Waals surface area contributed by atoms with Crippen molar-refractivity contribution in [2.24, 2.45) is 0 Å². The number of fused-ring (bicyclic) bond motifs is 1. The molecule has 0 amide bonds. The fraction of sp³-hybridized carbons (Fsp3) is 0.188. The zero-order valence-electron chi connectivity index (χ0n) is 22.8. The molecule has 0 bridgehead atoms. The molecule has 3 aromatic carbocycles. The van der Waals surface area contributed by atoms with Crippen LogP contribution in [-0.2, 0) is 16.6 Å². The minimum atomic E-state index is -4.41. The molecule has 10 heteroatoms. The maximum atomic E-state index is 14.3. The Bertz CT molecular complexity index is 1880. The van der Waals surface area contributed by atoms with Crippen LogP contribution in [0.4, 0.5) is 14.5 Å². The molecule has 1 saturated heterocycles. The van der Waals surface area contributed by atoms with Gasteiger partial charge < -0.3 is 4.74 Å². The molecule has 1 aliphatic heterocycles. The molecule has 2 aromatic heterocycles. The molecule has 0 unspecified atom stereocenters. The average molecular weight is 587 g/mol. The fourth-order valence-corrected chi connectivity index (χ4v) is 6.41. The second kappa shape index (κ2) is 11.5. The van der Waals surface area contributed by atoms with Gasteiger partial charge in [0.05, 0.1) is 12.6 Å². The third-order valence-electron chi connectivity index (χ3n) is 7.42. The lowest BCUT2D eigenvalue weighted by Crippen LogP contribution is -2.18. The van der Waals surface area contributed by atoms with Gasteiger partial charge in [-0.3, -0.25) is 14.6 Å². The second-order valence-corrected chi connectivity index (χ2v) is 11.9. The van der Waals surface area contributed by atoms with Crippen LogP contribution in [0.25, 0.3) is 33.2 Å². The van der Waals surface area contributed by atoms with Gasteiger partial charge in [0, 0.05) is 36.0 Å². The Labute approximate surface area is 242 Å². The molecule has 1 N–H and O–H groups in total. The van der Waals surface area contributed by atoms with Crippen molar-refractivity contribution in [1.82, 2.24) is 14.9 Å². The van der Waals surface area contributed by atoms with E-state index in [1.54, 1.807) is 18.5 Å². The molecule has 5 aromatic rings. The van der Waals surface area contributed by atoms with E-state index in [0.717, 1.165) is 59.4 Å². The van der Waals surface area contributed by atoms with E-state index in [9.17, 15) is 17.2 Å². The number of hydrogen-bond acceptors (Lipinski definition) is 6. The Morgan fingerprint density at radius 1 is 0.881 bits per heavy atom. The lowest BCUT2D eigenvalue weighted by Gasteiger charge is -2.15. The normalized spacial score (nSPS) is 13.9. The standard InChI is InChI=1S/C32H28F2N4O3S/c1-41-32-30(37-42(39,40)31-11-9-25(33)18-28(31)34)17-24(19-36-32)23-8-10-29-27(16-23)26(12-13-35-29)22-6-4-21(5-7-22)20-38-14-2-3-15-38/h4-13,16-19,37H,2-3,14-15,20H2,1H3. The number of nitrogens with one attached hydrogen (secondary N) is 1. The maximum Gasteiger partial charge on any atom is 0.264 e. The summed E-state index contributed by atoms with van der Waals surface area (Å²) in [5.74, 6) is -2.08. The number of likely N-dealkylation sites (tertiary alicyclic amines) is 1. The SMILES string of the molecule is COc1ncc(-c2ccc3nccc(-c4ccc(CN5CCCC5)cc4)c3c2)cc1NS(=O)(=O)c1ccc(F)cc1F. The van der Waals surface area contributed by atoms with Crippen LogP contribution in [0.15, 0.2) is 90.1 Å². The van der Waals surface area contributed by atoms with Crippen LogP contribution in [-0.4, -0.2) is 43.5 Å². The summed E-state index contributed by atoms with van der Waals surface area (Å²) < 4.78 is 61.2. The topological polar surface area (TPSA) is 84.4 Å². The van der Waals surface area contributed by atoms with Gasteiger partial charge in [-0.1, -0.05) is 30.3 Å². The highest BCUT2D eigenvalue weighted by atomic mass is 32.2. The number of benzene rings is 3. The van der Waals surface area contributed by atoms with Crippen molar-refractivity contribution in [3.63, 3.8) is 0 Å². The number of anilines is 1. The third-order valence-corrected chi connectivity index (χ3v) is 8.82. The first-order chi connectivity index (χ1) is 20.3. The van der Waals surface area contributed by atoms with Crippen LogP contribution >= 0.6 is 0 Å². The Morgan fingerprint density at radius 3 is 2.38 bits per heavy atom. The largest absolute Gasteiger partial charge is 0.480 e. The van der Waals surface area contributed by atoms with Gasteiger partial charge in [0.25, 0.3) is 10.0 Å². The van der Waals surface area contributed by atoms with E-state index in [4.69, 9.17) is 4.74 Å². The van der Waals surface area contributed by atoms with Crippen LogP contribution in [0.1, 0.15) is 18.4 Å². The Kier molecular flexibility index (Phi) is 7.57. The van der Waals surface area contributed by atoms with Crippen molar-refractivity contribution in [3.05, 3.63) is 102 Å². The van der Waals surface area contributed by atoms with E-state index in [-0.39, 0.29) is 11.6 Å². The first kappa shape index (κ1) is 27.7. The van der Waals surface area contributed by atoms with E-state index in [0.29, 0.717) is 11.6 Å². The van der Waals surface area contributed by atoms with Gasteiger partial charge in [-0.15, -0.1) is 0 Å². The molecule has 6 rings (SSSR count). The van der Waals surface area contributed by atoms with Crippen molar-refractivity contribution < 1.29 is 21.9 Å². The molecule has 0 radical (unpaired) electrons. The molecule has 1 fully saturated rings. The summed E-state index contributed by atoms with van der Waals surface area (Å²) in [6.07, 6.45) is 5.87. The smallest absolute Gasteiger partial charge is 0.264 e. The Morgan fingerprint density at radius 2 is 1.64 bits per heavy atom. The molecule has 0 atom stereocenters. The second-order valence-electron chi connectivity index (χ2n) is 10.2. The predicted octanol–water partition coefficient (Wildman–Crippen LogP) is 6.65. The molecule has 0 spiro atoms. The first-order valence-corrected chi connectivity index (χ1v) is 15.0. The molecular weight excluding hydrogens is 558 g/mol. The minimum absolute atomic E-state index is 0.00186. The van der Waals surface area contributed by atoms with Gasteiger partial charge in [0.1, 0.15) is 22.2 Å². The first-order valence-electron chi connectivity index (χ1n) is 13.5. The quantitative estimate of drug-likeness (QED) is 0.219. The van der Waals surface area contributed by atoms with Gasteiger partial charge >= 0.3 is 0 Å². The zero-order chi connectivity index (χ0) is 29.3. The van der Waals surface area contributed by atoms with Gasteiger partial charge in [-0.2, -0.15) is 0 Å². The molecule has 42 heavy (non-hydrogen) atoms. The lowest BCUT2D eigenvalue weighted by molar-refractivity contribution is 0.331. The summed E-state index contributed by atoms with van der Waals surface area (Å²) in [6, 6.07) is 20.2. The highest BCUT2D eigenvalue weighted by molar-refractivity contribution is 7.92. The van der Waals surface area contributed by atoms with Crippen molar-refractivity contribution in [3.8, 4) is 28.1 Å². The van der Waals surface area contributed by atoms with E-state index < -0.39 is 26.6 Å². The molecular formula is C32H28F2N4O3S. The van der Waals surface area contributed by atoms with Gasteiger partial charge in [-0.05, 0) is 84.6 Å². The van der Waals surface area contributed by atoms with Gasteiger partial charge in [0.2, 0.25) is 5.88 Å². The van der Waals surface area contributed by atoms with Crippen LogP contribution in [0.2, 0.25) is 0 Å².